The molecule has 108 valence electrons. The van der Waals surface area contributed by atoms with Crippen LogP contribution in [0, 0.1) is 0 Å². The highest BCUT2D eigenvalue weighted by Gasteiger charge is 2.40. The number of hydrogen-bond acceptors (Lipinski definition) is 5. The lowest BCUT2D eigenvalue weighted by molar-refractivity contribution is 0.0947. The normalized spacial score (nSPS) is 19.5. The van der Waals surface area contributed by atoms with Crippen molar-refractivity contribution in [3.8, 4) is 28.4 Å². The smallest absolute Gasteiger partial charge is 0.231 e. The summed E-state index contributed by atoms with van der Waals surface area (Å²) in [6.45, 7) is 0.143. The SMILES string of the molecule is O=C1c2cccc(O)c2-c2c3c(cc4c2[C@@H]1NC=C4)OCO3. The number of hydrogen-bond donors (Lipinski definition) is 2. The largest absolute Gasteiger partial charge is 0.507 e. The average Bonchev–Trinajstić information content (AvgIpc) is 2.99. The molecule has 0 aromatic heterocycles. The molecule has 22 heavy (non-hydrogen) atoms. The second-order valence-corrected chi connectivity index (χ2v) is 5.49. The van der Waals surface area contributed by atoms with Gasteiger partial charge < -0.3 is 19.9 Å². The summed E-state index contributed by atoms with van der Waals surface area (Å²) in [5.41, 5.74) is 3.52. The summed E-state index contributed by atoms with van der Waals surface area (Å²) in [7, 11) is 0. The average molecular weight is 293 g/mol. The maximum Gasteiger partial charge on any atom is 0.231 e. The molecule has 0 spiro atoms. The van der Waals surface area contributed by atoms with Crippen LogP contribution < -0.4 is 14.8 Å². The second-order valence-electron chi connectivity index (χ2n) is 5.49. The van der Waals surface area contributed by atoms with E-state index in [-0.39, 0.29) is 18.3 Å². The lowest BCUT2D eigenvalue weighted by Gasteiger charge is -2.31. The zero-order valence-electron chi connectivity index (χ0n) is 11.4. The van der Waals surface area contributed by atoms with Crippen molar-refractivity contribution < 1.29 is 19.4 Å². The fourth-order valence-electron chi connectivity index (χ4n) is 3.46. The van der Waals surface area contributed by atoms with Gasteiger partial charge in [0.2, 0.25) is 6.79 Å². The van der Waals surface area contributed by atoms with Gasteiger partial charge in [0.05, 0.1) is 0 Å². The number of aromatic hydroxyl groups is 1. The Morgan fingerprint density at radius 3 is 3.05 bits per heavy atom. The van der Waals surface area contributed by atoms with Gasteiger partial charge in [0.25, 0.3) is 0 Å². The standard InChI is InChI=1S/C17H11NO4/c19-10-3-1-2-9-13(10)14-12-8(4-5-18-15(12)16(9)20)6-11-17(14)22-7-21-11/h1-6,15,18-19H,7H2/t15-/m0/s1. The van der Waals surface area contributed by atoms with Gasteiger partial charge in [-0.3, -0.25) is 4.79 Å². The van der Waals surface area contributed by atoms with Crippen LogP contribution in [0.5, 0.6) is 17.2 Å². The third kappa shape index (κ3) is 1.26. The second kappa shape index (κ2) is 3.82. The van der Waals surface area contributed by atoms with E-state index in [0.29, 0.717) is 22.6 Å². The Bertz CT molecular complexity index is 885. The summed E-state index contributed by atoms with van der Waals surface area (Å²) in [6.07, 6.45) is 3.67. The molecule has 0 amide bonds. The number of carbonyl (C=O) groups excluding carboxylic acids is 1. The molecule has 0 saturated heterocycles. The predicted molar refractivity (Wildman–Crippen MR) is 78.9 cm³/mol. The highest BCUT2D eigenvalue weighted by Crippen LogP contribution is 2.54. The molecule has 0 fully saturated rings. The summed E-state index contributed by atoms with van der Waals surface area (Å²) in [5, 5.41) is 13.4. The van der Waals surface area contributed by atoms with Crippen LogP contribution in [0.15, 0.2) is 30.5 Å². The van der Waals surface area contributed by atoms with Crippen molar-refractivity contribution in [2.45, 2.75) is 6.04 Å². The Kier molecular flexibility index (Phi) is 2.03. The molecule has 0 radical (unpaired) electrons. The van der Waals surface area contributed by atoms with Gasteiger partial charge in [-0.15, -0.1) is 0 Å². The van der Waals surface area contributed by atoms with Crippen LogP contribution in [0.4, 0.5) is 0 Å². The van der Waals surface area contributed by atoms with Gasteiger partial charge in [-0.1, -0.05) is 12.1 Å². The summed E-state index contributed by atoms with van der Waals surface area (Å²) in [6, 6.07) is 6.41. The van der Waals surface area contributed by atoms with Crippen molar-refractivity contribution in [2.75, 3.05) is 6.79 Å². The van der Waals surface area contributed by atoms with Gasteiger partial charge in [0, 0.05) is 22.3 Å². The van der Waals surface area contributed by atoms with Crippen LogP contribution in [0.2, 0.25) is 0 Å². The number of phenols is 1. The zero-order chi connectivity index (χ0) is 14.8. The number of ether oxygens (including phenoxy) is 2. The molecule has 2 aliphatic heterocycles. The number of phenolic OH excluding ortho intramolecular Hbond substituents is 1. The minimum atomic E-state index is -0.459. The Hall–Kier alpha value is -2.95. The lowest BCUT2D eigenvalue weighted by Crippen LogP contribution is -2.31. The molecule has 2 heterocycles. The third-order valence-corrected chi connectivity index (χ3v) is 4.37. The fourth-order valence-corrected chi connectivity index (χ4v) is 3.46. The molecule has 1 atom stereocenters. The molecule has 2 aromatic carbocycles. The van der Waals surface area contributed by atoms with Crippen LogP contribution >= 0.6 is 0 Å². The topological polar surface area (TPSA) is 67.8 Å². The Balaban J connectivity index is 1.98. The molecular formula is C17H11NO4. The minimum Gasteiger partial charge on any atom is -0.507 e. The fraction of sp³-hybridized carbons (Fsp3) is 0.118. The highest BCUT2D eigenvalue weighted by atomic mass is 16.7. The maximum absolute atomic E-state index is 12.8. The van der Waals surface area contributed by atoms with Gasteiger partial charge >= 0.3 is 0 Å². The zero-order valence-corrected chi connectivity index (χ0v) is 11.4. The molecule has 0 saturated carbocycles. The van der Waals surface area contributed by atoms with Gasteiger partial charge in [0.15, 0.2) is 17.3 Å². The number of Topliss-reactive ketones (excluding diaryl/α,β-unsaturated/α-hetero) is 1. The number of nitrogens with one attached hydrogen (secondary N) is 1. The molecule has 2 N–H and O–H groups in total. The van der Waals surface area contributed by atoms with Gasteiger partial charge in [0.1, 0.15) is 11.8 Å². The molecule has 3 aliphatic rings. The number of rotatable bonds is 0. The first-order chi connectivity index (χ1) is 10.8. The lowest BCUT2D eigenvalue weighted by atomic mass is 9.77. The molecule has 5 rings (SSSR count). The van der Waals surface area contributed by atoms with E-state index in [9.17, 15) is 9.90 Å². The van der Waals surface area contributed by atoms with Gasteiger partial charge in [-0.2, -0.15) is 0 Å². The quantitative estimate of drug-likeness (QED) is 0.781. The van der Waals surface area contributed by atoms with E-state index in [1.807, 2.05) is 12.1 Å². The molecule has 0 bridgehead atoms. The van der Waals surface area contributed by atoms with E-state index in [1.54, 1.807) is 24.4 Å². The minimum absolute atomic E-state index is 0.0529. The van der Waals surface area contributed by atoms with Crippen LogP contribution in [-0.4, -0.2) is 17.7 Å². The monoisotopic (exact) mass is 293 g/mol. The van der Waals surface area contributed by atoms with Crippen molar-refractivity contribution >= 4 is 11.9 Å². The summed E-state index contributed by atoms with van der Waals surface area (Å²) >= 11 is 0. The maximum atomic E-state index is 12.8. The van der Waals surface area contributed by atoms with E-state index in [4.69, 9.17) is 9.47 Å². The molecular weight excluding hydrogens is 282 g/mol. The molecule has 5 nitrogen and oxygen atoms in total. The summed E-state index contributed by atoms with van der Waals surface area (Å²) in [5.74, 6) is 1.26. The summed E-state index contributed by atoms with van der Waals surface area (Å²) in [4.78, 5) is 12.8. The van der Waals surface area contributed by atoms with Crippen LogP contribution in [0.3, 0.4) is 0 Å². The number of ketones is 1. The first-order valence-corrected chi connectivity index (χ1v) is 7.01. The number of benzene rings is 2. The van der Waals surface area contributed by atoms with E-state index < -0.39 is 6.04 Å². The van der Waals surface area contributed by atoms with Crippen LogP contribution in [0.25, 0.3) is 17.2 Å². The molecule has 0 unspecified atom stereocenters. The van der Waals surface area contributed by atoms with Crippen molar-refractivity contribution in [1.29, 1.82) is 0 Å². The van der Waals surface area contributed by atoms with Gasteiger partial charge in [-0.05, 0) is 30.0 Å². The Morgan fingerprint density at radius 2 is 2.14 bits per heavy atom. The van der Waals surface area contributed by atoms with Crippen molar-refractivity contribution in [2.24, 2.45) is 0 Å². The molecule has 1 aliphatic carbocycles. The first-order valence-electron chi connectivity index (χ1n) is 7.01. The van der Waals surface area contributed by atoms with Crippen molar-refractivity contribution in [1.82, 2.24) is 5.32 Å². The third-order valence-electron chi connectivity index (χ3n) is 4.37. The number of carbonyl (C=O) groups is 1. The summed E-state index contributed by atoms with van der Waals surface area (Å²) < 4.78 is 11.1. The number of fused-ring (bicyclic) bond motifs is 4. The van der Waals surface area contributed by atoms with E-state index in [2.05, 4.69) is 5.32 Å². The molecule has 5 heteroatoms. The highest BCUT2D eigenvalue weighted by molar-refractivity contribution is 6.13. The van der Waals surface area contributed by atoms with Gasteiger partial charge in [-0.25, -0.2) is 0 Å². The van der Waals surface area contributed by atoms with Crippen LogP contribution in [0.1, 0.15) is 27.5 Å². The predicted octanol–water partition coefficient (Wildman–Crippen LogP) is 2.60. The van der Waals surface area contributed by atoms with Crippen LogP contribution in [-0.2, 0) is 0 Å². The first kappa shape index (κ1) is 11.7. The van der Waals surface area contributed by atoms with E-state index in [0.717, 1.165) is 16.7 Å². The van der Waals surface area contributed by atoms with E-state index >= 15 is 0 Å². The Morgan fingerprint density at radius 1 is 1.23 bits per heavy atom. The van der Waals surface area contributed by atoms with Crippen molar-refractivity contribution in [3.63, 3.8) is 0 Å². The molecule has 2 aromatic rings. The van der Waals surface area contributed by atoms with E-state index in [1.165, 1.54) is 0 Å². The van der Waals surface area contributed by atoms with Crippen molar-refractivity contribution in [3.05, 3.63) is 47.2 Å². The Labute approximate surface area is 125 Å².